The average Bonchev–Trinajstić information content (AvgIpc) is 2.02. The first-order chi connectivity index (χ1) is 6.38. The van der Waals surface area contributed by atoms with Crippen LogP contribution in [0.2, 0.25) is 0 Å². The van der Waals surface area contributed by atoms with E-state index in [9.17, 15) is 8.78 Å². The summed E-state index contributed by atoms with van der Waals surface area (Å²) in [7, 11) is 0. The molecule has 1 aliphatic carbocycles. The minimum atomic E-state index is -2.63. The van der Waals surface area contributed by atoms with Gasteiger partial charge in [0, 0.05) is 24.5 Å². The predicted octanol–water partition coefficient (Wildman–Crippen LogP) is 1.24. The molecule has 0 aliphatic heterocycles. The molecule has 0 spiro atoms. The molecular weight excluding hydrogens is 188 g/mol. The minimum absolute atomic E-state index is 0.275. The van der Waals surface area contributed by atoms with E-state index in [0.717, 1.165) is 0 Å². The number of hydrogen-bond acceptors (Lipinski definition) is 3. The molecule has 3 nitrogen and oxygen atoms in total. The lowest BCUT2D eigenvalue weighted by Crippen LogP contribution is -2.51. The van der Waals surface area contributed by atoms with Gasteiger partial charge in [-0.1, -0.05) is 12.2 Å². The summed E-state index contributed by atoms with van der Waals surface area (Å²) >= 11 is 0. The Morgan fingerprint density at radius 3 is 2.21 bits per heavy atom. The largest absolute Gasteiger partial charge is 0.403 e. The van der Waals surface area contributed by atoms with Crippen molar-refractivity contribution in [2.75, 3.05) is 0 Å². The Bertz CT molecular complexity index is 276. The van der Waals surface area contributed by atoms with Crippen LogP contribution in [0.1, 0.15) is 19.8 Å². The van der Waals surface area contributed by atoms with E-state index in [4.69, 9.17) is 11.6 Å². The maximum Gasteiger partial charge on any atom is 0.250 e. The van der Waals surface area contributed by atoms with Crippen LogP contribution in [0.25, 0.3) is 0 Å². The first-order valence-corrected chi connectivity index (χ1v) is 4.31. The molecule has 0 aromatic heterocycles. The van der Waals surface area contributed by atoms with Crippen LogP contribution in [0.3, 0.4) is 0 Å². The van der Waals surface area contributed by atoms with Crippen LogP contribution in [0, 0.1) is 5.41 Å². The molecule has 14 heavy (non-hydrogen) atoms. The SMILES string of the molecule is C=C(C)C1(C(=CN)NN)CC(F)(F)C1. The Morgan fingerprint density at radius 1 is 1.50 bits per heavy atom. The summed E-state index contributed by atoms with van der Waals surface area (Å²) in [5.74, 6) is 2.59. The highest BCUT2D eigenvalue weighted by Gasteiger charge is 2.58. The zero-order valence-electron chi connectivity index (χ0n) is 8.11. The number of nitrogens with one attached hydrogen (secondary N) is 1. The second-order valence-corrected chi connectivity index (χ2v) is 3.80. The maximum absolute atomic E-state index is 12.8. The van der Waals surface area contributed by atoms with Gasteiger partial charge in [-0.05, 0) is 6.92 Å². The molecular formula is C9H15F2N3. The smallest absolute Gasteiger partial charge is 0.250 e. The standard InChI is InChI=1S/C9H15F2N3/c1-6(2)8(7(3-12)14-13)4-9(10,11)5-8/h3,14H,1,4-5,12-13H2,2H3. The first-order valence-electron chi connectivity index (χ1n) is 4.31. The quantitative estimate of drug-likeness (QED) is 0.367. The van der Waals surface area contributed by atoms with E-state index in [2.05, 4.69) is 12.0 Å². The van der Waals surface area contributed by atoms with E-state index in [1.807, 2.05) is 0 Å². The Hall–Kier alpha value is -1.10. The number of rotatable bonds is 3. The third kappa shape index (κ3) is 1.48. The number of alkyl halides is 2. The molecule has 1 rings (SSSR count). The van der Waals surface area contributed by atoms with E-state index in [1.165, 1.54) is 6.20 Å². The number of allylic oxidation sites excluding steroid dienone is 1. The topological polar surface area (TPSA) is 64.1 Å². The van der Waals surface area contributed by atoms with Crippen LogP contribution in [-0.4, -0.2) is 5.92 Å². The average molecular weight is 203 g/mol. The van der Waals surface area contributed by atoms with E-state index in [0.29, 0.717) is 11.3 Å². The summed E-state index contributed by atoms with van der Waals surface area (Å²) in [4.78, 5) is 0. The van der Waals surface area contributed by atoms with Gasteiger partial charge in [-0.3, -0.25) is 5.84 Å². The molecule has 0 amide bonds. The van der Waals surface area contributed by atoms with Gasteiger partial charge < -0.3 is 11.2 Å². The van der Waals surface area contributed by atoms with E-state index in [1.54, 1.807) is 6.92 Å². The van der Waals surface area contributed by atoms with Gasteiger partial charge in [-0.25, -0.2) is 8.78 Å². The lowest BCUT2D eigenvalue weighted by atomic mass is 9.60. The van der Waals surface area contributed by atoms with Gasteiger partial charge >= 0.3 is 0 Å². The molecule has 1 fully saturated rings. The van der Waals surface area contributed by atoms with E-state index >= 15 is 0 Å². The highest BCUT2D eigenvalue weighted by Crippen LogP contribution is 2.58. The second-order valence-electron chi connectivity index (χ2n) is 3.80. The summed E-state index contributed by atoms with van der Waals surface area (Å²) < 4.78 is 25.7. The van der Waals surface area contributed by atoms with Crippen LogP contribution < -0.4 is 17.0 Å². The molecule has 5 heteroatoms. The molecule has 1 aliphatic rings. The fourth-order valence-electron chi connectivity index (χ4n) is 1.90. The molecule has 80 valence electrons. The van der Waals surface area contributed by atoms with E-state index < -0.39 is 11.3 Å². The van der Waals surface area contributed by atoms with Gasteiger partial charge in [0.25, 0.3) is 5.92 Å². The summed E-state index contributed by atoms with van der Waals surface area (Å²) in [5.41, 5.74) is 7.96. The number of hydrazine groups is 1. The monoisotopic (exact) mass is 203 g/mol. The van der Waals surface area contributed by atoms with Crippen LogP contribution in [-0.2, 0) is 0 Å². The molecule has 0 atom stereocenters. The summed E-state index contributed by atoms with van der Waals surface area (Å²) in [6.07, 6.45) is 0.676. The lowest BCUT2D eigenvalue weighted by Gasteiger charge is -2.49. The van der Waals surface area contributed by atoms with Crippen molar-refractivity contribution >= 4 is 0 Å². The molecule has 0 heterocycles. The van der Waals surface area contributed by atoms with Crippen molar-refractivity contribution in [1.29, 1.82) is 0 Å². The van der Waals surface area contributed by atoms with Crippen LogP contribution >= 0.6 is 0 Å². The van der Waals surface area contributed by atoms with Crippen molar-refractivity contribution < 1.29 is 8.78 Å². The van der Waals surface area contributed by atoms with Crippen molar-refractivity contribution in [3.63, 3.8) is 0 Å². The fourth-order valence-corrected chi connectivity index (χ4v) is 1.90. The van der Waals surface area contributed by atoms with Gasteiger partial charge in [-0.15, -0.1) is 0 Å². The predicted molar refractivity (Wildman–Crippen MR) is 51.0 cm³/mol. The first kappa shape index (κ1) is 11.0. The normalized spacial score (nSPS) is 23.9. The Morgan fingerprint density at radius 2 is 2.00 bits per heavy atom. The summed E-state index contributed by atoms with van der Waals surface area (Å²) in [6.45, 7) is 5.41. The Kier molecular flexibility index (Phi) is 2.54. The molecule has 0 saturated heterocycles. The zero-order chi connectivity index (χ0) is 11.0. The van der Waals surface area contributed by atoms with Crippen LogP contribution in [0.5, 0.6) is 0 Å². The highest BCUT2D eigenvalue weighted by molar-refractivity contribution is 5.31. The lowest BCUT2D eigenvalue weighted by molar-refractivity contribution is -0.133. The summed E-state index contributed by atoms with van der Waals surface area (Å²) in [5, 5.41) is 0. The van der Waals surface area contributed by atoms with Gasteiger partial charge in [0.1, 0.15) is 0 Å². The van der Waals surface area contributed by atoms with Crippen molar-refractivity contribution in [3.8, 4) is 0 Å². The molecule has 0 radical (unpaired) electrons. The Labute approximate surface area is 81.8 Å². The van der Waals surface area contributed by atoms with Crippen molar-refractivity contribution in [2.24, 2.45) is 17.0 Å². The van der Waals surface area contributed by atoms with Crippen molar-refractivity contribution in [2.45, 2.75) is 25.7 Å². The number of nitrogens with two attached hydrogens (primary N) is 2. The Balaban J connectivity index is 2.94. The second kappa shape index (κ2) is 3.24. The minimum Gasteiger partial charge on any atom is -0.403 e. The molecule has 5 N–H and O–H groups in total. The van der Waals surface area contributed by atoms with Crippen molar-refractivity contribution in [3.05, 3.63) is 24.0 Å². The van der Waals surface area contributed by atoms with Gasteiger partial charge in [0.15, 0.2) is 0 Å². The maximum atomic E-state index is 12.8. The third-order valence-electron chi connectivity index (χ3n) is 2.78. The molecule has 0 unspecified atom stereocenters. The number of halogens is 2. The molecule has 0 aromatic carbocycles. The van der Waals surface area contributed by atoms with Gasteiger partial charge in [0.2, 0.25) is 0 Å². The van der Waals surface area contributed by atoms with E-state index in [-0.39, 0.29) is 12.8 Å². The molecule has 0 aromatic rings. The van der Waals surface area contributed by atoms with Crippen LogP contribution in [0.15, 0.2) is 24.0 Å². The third-order valence-corrected chi connectivity index (χ3v) is 2.78. The van der Waals surface area contributed by atoms with Crippen molar-refractivity contribution in [1.82, 2.24) is 5.43 Å². The van der Waals surface area contributed by atoms with Crippen LogP contribution in [0.4, 0.5) is 8.78 Å². The molecule has 1 saturated carbocycles. The van der Waals surface area contributed by atoms with Gasteiger partial charge in [-0.2, -0.15) is 0 Å². The summed E-state index contributed by atoms with van der Waals surface area (Å²) in [6, 6.07) is 0. The molecule has 0 bridgehead atoms. The van der Waals surface area contributed by atoms with Gasteiger partial charge in [0.05, 0.1) is 5.70 Å². The highest BCUT2D eigenvalue weighted by atomic mass is 19.3. The number of hydrogen-bond donors (Lipinski definition) is 3. The fraction of sp³-hybridized carbons (Fsp3) is 0.556. The zero-order valence-corrected chi connectivity index (χ0v) is 8.11.